The van der Waals surface area contributed by atoms with Gasteiger partial charge in [0.1, 0.15) is 28.7 Å². The number of imidazole rings is 1. The molecule has 0 unspecified atom stereocenters. The van der Waals surface area contributed by atoms with Crippen molar-refractivity contribution in [2.45, 2.75) is 27.0 Å². The molecule has 36 heavy (non-hydrogen) atoms. The molecule has 5 rings (SSSR count). The fourth-order valence-electron chi connectivity index (χ4n) is 4.05. The van der Waals surface area contributed by atoms with Crippen LogP contribution in [0.1, 0.15) is 33.4 Å². The Bertz CT molecular complexity index is 1480. The van der Waals surface area contributed by atoms with E-state index in [1.54, 1.807) is 0 Å². The number of aryl methyl sites for hydroxylation is 1. The lowest BCUT2D eigenvalue weighted by molar-refractivity contribution is 0.0531. The predicted molar refractivity (Wildman–Crippen MR) is 144 cm³/mol. The number of esters is 1. The van der Waals surface area contributed by atoms with Gasteiger partial charge in [-0.05, 0) is 37.1 Å². The van der Waals surface area contributed by atoms with E-state index >= 15 is 0 Å². The summed E-state index contributed by atoms with van der Waals surface area (Å²) in [5, 5.41) is 3.57. The number of fused-ring (bicyclic) bond motifs is 1. The second-order valence-electron chi connectivity index (χ2n) is 8.31. The molecule has 0 saturated heterocycles. The van der Waals surface area contributed by atoms with Crippen LogP contribution in [0.2, 0.25) is 0 Å². The molecule has 2 aromatic heterocycles. The third kappa shape index (κ3) is 4.97. The Balaban J connectivity index is 1.51. The molecule has 7 heteroatoms. The van der Waals surface area contributed by atoms with Crippen LogP contribution in [0.25, 0.3) is 16.2 Å². The van der Waals surface area contributed by atoms with Crippen molar-refractivity contribution in [3.63, 3.8) is 0 Å². The number of benzene rings is 3. The zero-order chi connectivity index (χ0) is 24.9. The van der Waals surface area contributed by atoms with Crippen LogP contribution < -0.4 is 10.1 Å². The fourth-order valence-corrected chi connectivity index (χ4v) is 5.07. The highest BCUT2D eigenvalue weighted by Crippen LogP contribution is 2.36. The first-order chi connectivity index (χ1) is 17.6. The van der Waals surface area contributed by atoms with Gasteiger partial charge in [0, 0.05) is 17.8 Å². The number of ether oxygens (including phenoxy) is 2. The molecule has 1 N–H and O–H groups in total. The molecule has 0 saturated carbocycles. The number of thiazole rings is 1. The zero-order valence-corrected chi connectivity index (χ0v) is 21.0. The number of carbonyl (C=O) groups excluding carboxylic acids is 1. The van der Waals surface area contributed by atoms with Crippen LogP contribution in [0.4, 0.5) is 5.82 Å². The Hall–Kier alpha value is -4.10. The van der Waals surface area contributed by atoms with Crippen LogP contribution in [0.3, 0.4) is 0 Å². The second kappa shape index (κ2) is 10.7. The average Bonchev–Trinajstić information content (AvgIpc) is 3.44. The molecule has 0 fully saturated rings. The molecule has 0 aliphatic heterocycles. The van der Waals surface area contributed by atoms with Gasteiger partial charge >= 0.3 is 5.97 Å². The van der Waals surface area contributed by atoms with E-state index < -0.39 is 0 Å². The Morgan fingerprint density at radius 2 is 1.69 bits per heavy atom. The molecule has 0 aliphatic rings. The Morgan fingerprint density at radius 1 is 0.972 bits per heavy atom. The Labute approximate surface area is 214 Å². The average molecular weight is 498 g/mol. The van der Waals surface area contributed by atoms with Gasteiger partial charge in [0.25, 0.3) is 0 Å². The lowest BCUT2D eigenvalue weighted by Crippen LogP contribution is -2.07. The molecule has 0 amide bonds. The van der Waals surface area contributed by atoms with E-state index in [0.29, 0.717) is 24.6 Å². The van der Waals surface area contributed by atoms with Crippen molar-refractivity contribution in [3.05, 3.63) is 107 Å². The summed E-state index contributed by atoms with van der Waals surface area (Å²) in [6.45, 7) is 5.18. The SMILES string of the molecule is CCOC(=O)c1sc2nc(-c3cccc(OCc4ccccc4)c3)c(NCc3ccccc3)n2c1C. The quantitative estimate of drug-likeness (QED) is 0.229. The van der Waals surface area contributed by atoms with E-state index in [2.05, 4.69) is 17.4 Å². The number of rotatable bonds is 9. The number of anilines is 1. The maximum atomic E-state index is 12.5. The summed E-state index contributed by atoms with van der Waals surface area (Å²) < 4.78 is 13.3. The van der Waals surface area contributed by atoms with Crippen molar-refractivity contribution < 1.29 is 14.3 Å². The normalized spacial score (nSPS) is 10.9. The first-order valence-electron chi connectivity index (χ1n) is 11.9. The van der Waals surface area contributed by atoms with Crippen molar-refractivity contribution >= 4 is 28.1 Å². The van der Waals surface area contributed by atoms with Crippen LogP contribution >= 0.6 is 11.3 Å². The molecule has 182 valence electrons. The Kier molecular flexibility index (Phi) is 7.00. The number of aromatic nitrogens is 2. The maximum Gasteiger partial charge on any atom is 0.350 e. The van der Waals surface area contributed by atoms with Gasteiger partial charge < -0.3 is 14.8 Å². The molecule has 0 bridgehead atoms. The van der Waals surface area contributed by atoms with E-state index in [1.807, 2.05) is 91.0 Å². The van der Waals surface area contributed by atoms with E-state index in [-0.39, 0.29) is 5.97 Å². The number of hydrogen-bond donors (Lipinski definition) is 1. The first-order valence-corrected chi connectivity index (χ1v) is 12.7. The van der Waals surface area contributed by atoms with Crippen LogP contribution in [0, 0.1) is 6.92 Å². The van der Waals surface area contributed by atoms with Crippen LogP contribution in [-0.2, 0) is 17.9 Å². The van der Waals surface area contributed by atoms with E-state index in [1.165, 1.54) is 11.3 Å². The van der Waals surface area contributed by atoms with Gasteiger partial charge in [-0.3, -0.25) is 4.40 Å². The van der Waals surface area contributed by atoms with Crippen LogP contribution in [0.15, 0.2) is 84.9 Å². The third-order valence-corrected chi connectivity index (χ3v) is 6.95. The predicted octanol–water partition coefficient (Wildman–Crippen LogP) is 6.74. The minimum Gasteiger partial charge on any atom is -0.489 e. The summed E-state index contributed by atoms with van der Waals surface area (Å²) in [5.41, 5.74) is 4.80. The number of nitrogens with one attached hydrogen (secondary N) is 1. The molecule has 5 aromatic rings. The van der Waals surface area contributed by atoms with E-state index in [4.69, 9.17) is 14.5 Å². The number of carbonyl (C=O) groups is 1. The van der Waals surface area contributed by atoms with Gasteiger partial charge in [0.05, 0.1) is 6.61 Å². The summed E-state index contributed by atoms with van der Waals surface area (Å²) in [5.74, 6) is 1.28. The van der Waals surface area contributed by atoms with E-state index in [9.17, 15) is 4.79 Å². The fraction of sp³-hybridized carbons (Fsp3) is 0.172. The highest BCUT2D eigenvalue weighted by molar-refractivity contribution is 7.19. The van der Waals surface area contributed by atoms with Crippen molar-refractivity contribution in [1.82, 2.24) is 9.38 Å². The van der Waals surface area contributed by atoms with Crippen LogP contribution in [-0.4, -0.2) is 22.0 Å². The summed E-state index contributed by atoms with van der Waals surface area (Å²) in [7, 11) is 0. The summed E-state index contributed by atoms with van der Waals surface area (Å²) in [6.07, 6.45) is 0. The summed E-state index contributed by atoms with van der Waals surface area (Å²) in [6, 6.07) is 28.2. The van der Waals surface area contributed by atoms with Gasteiger partial charge in [-0.1, -0.05) is 84.1 Å². The molecule has 0 spiro atoms. The minimum atomic E-state index is -0.322. The second-order valence-corrected chi connectivity index (χ2v) is 9.28. The zero-order valence-electron chi connectivity index (χ0n) is 20.2. The van der Waals surface area contributed by atoms with Gasteiger partial charge in [0.2, 0.25) is 0 Å². The molecule has 2 heterocycles. The first kappa shape index (κ1) is 23.6. The minimum absolute atomic E-state index is 0.322. The van der Waals surface area contributed by atoms with E-state index in [0.717, 1.165) is 44.6 Å². The molecule has 6 nitrogen and oxygen atoms in total. The maximum absolute atomic E-state index is 12.5. The van der Waals surface area contributed by atoms with Gasteiger partial charge in [-0.2, -0.15) is 0 Å². The largest absolute Gasteiger partial charge is 0.489 e. The van der Waals surface area contributed by atoms with Gasteiger partial charge in [-0.25, -0.2) is 9.78 Å². The number of nitrogens with zero attached hydrogens (tertiary/aromatic N) is 2. The molecular formula is C29H27N3O3S. The molecule has 3 aromatic carbocycles. The number of hydrogen-bond acceptors (Lipinski definition) is 6. The van der Waals surface area contributed by atoms with Crippen molar-refractivity contribution in [2.75, 3.05) is 11.9 Å². The molecular weight excluding hydrogens is 470 g/mol. The lowest BCUT2D eigenvalue weighted by atomic mass is 10.1. The highest BCUT2D eigenvalue weighted by atomic mass is 32.1. The summed E-state index contributed by atoms with van der Waals surface area (Å²) >= 11 is 1.34. The van der Waals surface area contributed by atoms with Crippen molar-refractivity contribution in [2.24, 2.45) is 0 Å². The topological polar surface area (TPSA) is 64.9 Å². The van der Waals surface area contributed by atoms with Crippen molar-refractivity contribution in [3.8, 4) is 17.0 Å². The van der Waals surface area contributed by atoms with Crippen molar-refractivity contribution in [1.29, 1.82) is 0 Å². The van der Waals surface area contributed by atoms with Crippen LogP contribution in [0.5, 0.6) is 5.75 Å². The lowest BCUT2D eigenvalue weighted by Gasteiger charge is -2.11. The smallest absolute Gasteiger partial charge is 0.350 e. The Morgan fingerprint density at radius 3 is 2.42 bits per heavy atom. The third-order valence-electron chi connectivity index (χ3n) is 5.82. The monoisotopic (exact) mass is 497 g/mol. The van der Waals surface area contributed by atoms with Gasteiger partial charge in [0.15, 0.2) is 4.96 Å². The molecule has 0 atom stereocenters. The molecule has 0 aliphatic carbocycles. The highest BCUT2D eigenvalue weighted by Gasteiger charge is 2.23. The van der Waals surface area contributed by atoms with Gasteiger partial charge in [-0.15, -0.1) is 0 Å². The molecule has 0 radical (unpaired) electrons. The summed E-state index contributed by atoms with van der Waals surface area (Å²) in [4.78, 5) is 18.8. The standard InChI is InChI=1S/C29H27N3O3S/c1-3-34-28(33)26-20(2)32-27(30-18-21-11-6-4-7-12-21)25(31-29(32)36-26)23-15-10-16-24(17-23)35-19-22-13-8-5-9-14-22/h4-17,30H,3,18-19H2,1-2H3.